The average Bonchev–Trinajstić information content (AvgIpc) is 2.75. The fourth-order valence-electron chi connectivity index (χ4n) is 2.93. The molecular weight excluding hydrogens is 406 g/mol. The van der Waals surface area contributed by atoms with Crippen molar-refractivity contribution in [2.24, 2.45) is 5.73 Å². The van der Waals surface area contributed by atoms with Crippen molar-refractivity contribution in [2.75, 3.05) is 5.32 Å². The van der Waals surface area contributed by atoms with Gasteiger partial charge in [-0.05, 0) is 48.9 Å². The molecule has 0 spiro atoms. The first-order chi connectivity index (χ1) is 14.8. The number of benzene rings is 3. The van der Waals surface area contributed by atoms with E-state index in [1.54, 1.807) is 61.5 Å². The van der Waals surface area contributed by atoms with Crippen LogP contribution in [-0.2, 0) is 6.61 Å². The molecule has 160 valence electrons. The second-order valence-electron chi connectivity index (χ2n) is 6.61. The number of anilines is 1. The molecule has 0 aliphatic heterocycles. The molecule has 0 aliphatic rings. The maximum Gasteiger partial charge on any atom is 0.387 e. The first-order valence-corrected chi connectivity index (χ1v) is 9.31. The second kappa shape index (κ2) is 9.71. The van der Waals surface area contributed by atoms with Gasteiger partial charge in [0.15, 0.2) is 0 Å². The van der Waals surface area contributed by atoms with Gasteiger partial charge in [-0.1, -0.05) is 30.3 Å². The smallest absolute Gasteiger partial charge is 0.387 e. The maximum absolute atomic E-state index is 12.7. The third-order valence-corrected chi connectivity index (χ3v) is 4.48. The van der Waals surface area contributed by atoms with Crippen LogP contribution >= 0.6 is 0 Å². The quantitative estimate of drug-likeness (QED) is 0.554. The molecule has 0 fully saturated rings. The van der Waals surface area contributed by atoms with E-state index in [-0.39, 0.29) is 17.9 Å². The summed E-state index contributed by atoms with van der Waals surface area (Å²) in [5, 5.41) is 2.70. The lowest BCUT2D eigenvalue weighted by Crippen LogP contribution is -2.14. The van der Waals surface area contributed by atoms with Crippen molar-refractivity contribution in [3.63, 3.8) is 0 Å². The number of carbonyl (C=O) groups excluding carboxylic acids is 2. The van der Waals surface area contributed by atoms with Crippen LogP contribution in [0, 0.1) is 6.92 Å². The van der Waals surface area contributed by atoms with E-state index in [1.165, 1.54) is 12.1 Å². The third kappa shape index (κ3) is 5.57. The maximum atomic E-state index is 12.7. The van der Waals surface area contributed by atoms with Gasteiger partial charge in [0.1, 0.15) is 18.1 Å². The number of hydrogen-bond acceptors (Lipinski definition) is 4. The number of nitrogens with two attached hydrogens (primary N) is 1. The first-order valence-electron chi connectivity index (χ1n) is 9.31. The van der Waals surface area contributed by atoms with Crippen molar-refractivity contribution in [1.29, 1.82) is 0 Å². The van der Waals surface area contributed by atoms with E-state index in [0.29, 0.717) is 28.1 Å². The van der Waals surface area contributed by atoms with Crippen LogP contribution in [0.25, 0.3) is 0 Å². The Labute approximate surface area is 177 Å². The zero-order valence-electron chi connectivity index (χ0n) is 16.6. The minimum atomic E-state index is -2.96. The SMILES string of the molecule is Cc1c(NC(=O)c2cccc(COc3ccccc3C(N)=O)c2)cccc1OC(F)F. The van der Waals surface area contributed by atoms with Crippen LogP contribution in [0.5, 0.6) is 11.5 Å². The Bertz CT molecular complexity index is 1100. The highest BCUT2D eigenvalue weighted by molar-refractivity contribution is 6.04. The number of primary amides is 1. The fourth-order valence-corrected chi connectivity index (χ4v) is 2.93. The minimum absolute atomic E-state index is 0.0110. The van der Waals surface area contributed by atoms with E-state index in [0.717, 1.165) is 0 Å². The molecule has 3 aromatic carbocycles. The zero-order chi connectivity index (χ0) is 22.4. The largest absolute Gasteiger partial charge is 0.488 e. The zero-order valence-corrected chi connectivity index (χ0v) is 16.6. The summed E-state index contributed by atoms with van der Waals surface area (Å²) in [6.07, 6.45) is 0. The van der Waals surface area contributed by atoms with Gasteiger partial charge >= 0.3 is 6.61 Å². The molecular formula is C23H20F2N2O4. The van der Waals surface area contributed by atoms with Crippen LogP contribution < -0.4 is 20.5 Å². The fraction of sp³-hybridized carbons (Fsp3) is 0.130. The molecule has 2 amide bonds. The van der Waals surface area contributed by atoms with Gasteiger partial charge < -0.3 is 20.5 Å². The lowest BCUT2D eigenvalue weighted by Gasteiger charge is -2.13. The monoisotopic (exact) mass is 426 g/mol. The molecule has 0 radical (unpaired) electrons. The Morgan fingerprint density at radius 2 is 1.71 bits per heavy atom. The number of rotatable bonds is 8. The number of ether oxygens (including phenoxy) is 2. The molecule has 0 aliphatic carbocycles. The van der Waals surface area contributed by atoms with Crippen LogP contribution in [0.4, 0.5) is 14.5 Å². The first kappa shape index (κ1) is 21.8. The lowest BCUT2D eigenvalue weighted by molar-refractivity contribution is -0.0502. The predicted molar refractivity (Wildman–Crippen MR) is 111 cm³/mol. The highest BCUT2D eigenvalue weighted by Crippen LogP contribution is 2.27. The van der Waals surface area contributed by atoms with E-state index in [9.17, 15) is 18.4 Å². The van der Waals surface area contributed by atoms with Gasteiger partial charge in [0.05, 0.1) is 5.56 Å². The normalized spacial score (nSPS) is 10.6. The summed E-state index contributed by atoms with van der Waals surface area (Å²) in [6.45, 7) is -1.27. The third-order valence-electron chi connectivity index (χ3n) is 4.48. The summed E-state index contributed by atoms with van der Waals surface area (Å²) < 4.78 is 35.2. The molecule has 0 atom stereocenters. The Kier molecular flexibility index (Phi) is 6.81. The van der Waals surface area contributed by atoms with E-state index in [2.05, 4.69) is 10.1 Å². The predicted octanol–water partition coefficient (Wildman–Crippen LogP) is 4.53. The van der Waals surface area contributed by atoms with Gasteiger partial charge in [0.25, 0.3) is 11.8 Å². The molecule has 31 heavy (non-hydrogen) atoms. The van der Waals surface area contributed by atoms with Crippen molar-refractivity contribution in [1.82, 2.24) is 0 Å². The molecule has 6 nitrogen and oxygen atoms in total. The Morgan fingerprint density at radius 3 is 2.45 bits per heavy atom. The number of alkyl halides is 2. The van der Waals surface area contributed by atoms with Crippen LogP contribution in [-0.4, -0.2) is 18.4 Å². The summed E-state index contributed by atoms with van der Waals surface area (Å²) in [6, 6.07) is 17.8. The molecule has 3 rings (SSSR count). The van der Waals surface area contributed by atoms with Crippen LogP contribution in [0.2, 0.25) is 0 Å². The summed E-state index contributed by atoms with van der Waals surface area (Å²) in [4.78, 5) is 24.2. The highest BCUT2D eigenvalue weighted by atomic mass is 19.3. The average molecular weight is 426 g/mol. The van der Waals surface area contributed by atoms with Gasteiger partial charge in [-0.3, -0.25) is 9.59 Å². The summed E-state index contributed by atoms with van der Waals surface area (Å²) >= 11 is 0. The summed E-state index contributed by atoms with van der Waals surface area (Å²) in [7, 11) is 0. The Hall–Kier alpha value is -3.94. The number of carbonyl (C=O) groups is 2. The van der Waals surface area contributed by atoms with E-state index < -0.39 is 18.4 Å². The van der Waals surface area contributed by atoms with E-state index in [1.807, 2.05) is 0 Å². The summed E-state index contributed by atoms with van der Waals surface area (Å²) in [5.74, 6) is -0.687. The number of hydrogen-bond donors (Lipinski definition) is 2. The second-order valence-corrected chi connectivity index (χ2v) is 6.61. The van der Waals surface area contributed by atoms with Crippen molar-refractivity contribution in [2.45, 2.75) is 20.1 Å². The van der Waals surface area contributed by atoms with Crippen molar-refractivity contribution >= 4 is 17.5 Å². The van der Waals surface area contributed by atoms with Crippen molar-refractivity contribution < 1.29 is 27.8 Å². The van der Waals surface area contributed by atoms with E-state index in [4.69, 9.17) is 10.5 Å². The van der Waals surface area contributed by atoms with Crippen molar-refractivity contribution in [3.8, 4) is 11.5 Å². The minimum Gasteiger partial charge on any atom is -0.488 e. The van der Waals surface area contributed by atoms with Crippen LogP contribution in [0.15, 0.2) is 66.7 Å². The molecule has 8 heteroatoms. The number of para-hydroxylation sites is 1. The molecule has 0 saturated carbocycles. The topological polar surface area (TPSA) is 90.6 Å². The van der Waals surface area contributed by atoms with Crippen LogP contribution in [0.3, 0.4) is 0 Å². The molecule has 0 aromatic heterocycles. The Morgan fingerprint density at radius 1 is 1.00 bits per heavy atom. The number of halogens is 2. The van der Waals surface area contributed by atoms with Crippen molar-refractivity contribution in [3.05, 3.63) is 89.0 Å². The van der Waals surface area contributed by atoms with Gasteiger partial charge in [0, 0.05) is 16.8 Å². The van der Waals surface area contributed by atoms with Crippen LogP contribution in [0.1, 0.15) is 31.8 Å². The van der Waals surface area contributed by atoms with Gasteiger partial charge in [0.2, 0.25) is 0 Å². The lowest BCUT2D eigenvalue weighted by atomic mass is 10.1. The number of amides is 2. The molecule has 3 N–H and O–H groups in total. The van der Waals surface area contributed by atoms with Gasteiger partial charge in [-0.25, -0.2) is 0 Å². The highest BCUT2D eigenvalue weighted by Gasteiger charge is 2.14. The molecule has 0 heterocycles. The number of nitrogens with one attached hydrogen (secondary N) is 1. The van der Waals surface area contributed by atoms with Gasteiger partial charge in [-0.15, -0.1) is 0 Å². The van der Waals surface area contributed by atoms with Gasteiger partial charge in [-0.2, -0.15) is 8.78 Å². The summed E-state index contributed by atoms with van der Waals surface area (Å²) in [5.41, 5.74) is 7.40. The van der Waals surface area contributed by atoms with E-state index >= 15 is 0 Å². The Balaban J connectivity index is 1.72. The molecule has 0 bridgehead atoms. The standard InChI is InChI=1S/C23H20F2N2O4/c1-14-18(9-5-11-19(14)31-23(24)25)27-22(29)16-7-4-6-15(12-16)13-30-20-10-3-2-8-17(20)21(26)28/h2-12,23H,13H2,1H3,(H2,26,28)(H,27,29). The molecule has 3 aromatic rings. The molecule has 0 unspecified atom stereocenters. The molecule has 0 saturated heterocycles.